The van der Waals surface area contributed by atoms with Gasteiger partial charge in [0.05, 0.1) is 23.3 Å². The van der Waals surface area contributed by atoms with Crippen LogP contribution in [0.25, 0.3) is 0 Å². The molecule has 0 spiro atoms. The lowest BCUT2D eigenvalue weighted by Gasteiger charge is -2.19. The Labute approximate surface area is 149 Å². The zero-order valence-corrected chi connectivity index (χ0v) is 14.5. The third kappa shape index (κ3) is 3.28. The van der Waals surface area contributed by atoms with Crippen molar-refractivity contribution < 1.29 is 19.1 Å². The van der Waals surface area contributed by atoms with Gasteiger partial charge in [-0.1, -0.05) is 42.1 Å². The van der Waals surface area contributed by atoms with Crippen LogP contribution in [0.4, 0.5) is 0 Å². The molecule has 2 amide bonds. The minimum Gasteiger partial charge on any atom is -0.425 e. The Kier molecular flexibility index (Phi) is 5.11. The van der Waals surface area contributed by atoms with E-state index in [4.69, 9.17) is 27.9 Å². The highest BCUT2D eigenvalue weighted by Crippen LogP contribution is 2.38. The molecule has 1 saturated heterocycles. The number of hydrogen-bond acceptors (Lipinski definition) is 4. The number of rotatable bonds is 4. The molecule has 0 aromatic heterocycles. The Morgan fingerprint density at radius 1 is 1.12 bits per heavy atom. The highest BCUT2D eigenvalue weighted by molar-refractivity contribution is 6.43. The molecule has 1 heterocycles. The predicted molar refractivity (Wildman–Crippen MR) is 88.9 cm³/mol. The maximum atomic E-state index is 12.3. The molecule has 0 N–H and O–H groups in total. The zero-order valence-electron chi connectivity index (χ0n) is 13.0. The Bertz CT molecular complexity index is 667. The lowest BCUT2D eigenvalue weighted by molar-refractivity contribution is -0.141. The molecule has 1 saturated carbocycles. The smallest absolute Gasteiger partial charge is 0.313 e. The van der Waals surface area contributed by atoms with Gasteiger partial charge in [0.25, 0.3) is 0 Å². The van der Waals surface area contributed by atoms with E-state index < -0.39 is 5.97 Å². The summed E-state index contributed by atoms with van der Waals surface area (Å²) < 4.78 is 5.17. The molecule has 3 rings (SSSR count). The number of carbonyl (C=O) groups is 3. The van der Waals surface area contributed by atoms with Gasteiger partial charge in [-0.05, 0) is 25.0 Å². The summed E-state index contributed by atoms with van der Waals surface area (Å²) in [5, 5.41) is 0.447. The topological polar surface area (TPSA) is 63.7 Å². The molecule has 7 heteroatoms. The lowest BCUT2D eigenvalue weighted by atomic mass is 9.81. The number of fused-ring (bicyclic) bond motifs is 1. The van der Waals surface area contributed by atoms with Crippen molar-refractivity contribution in [3.63, 3.8) is 0 Å². The van der Waals surface area contributed by atoms with Crippen LogP contribution in [0.3, 0.4) is 0 Å². The lowest BCUT2D eigenvalue weighted by Crippen LogP contribution is -2.33. The molecule has 1 aliphatic heterocycles. The number of hydrogen-bond donors (Lipinski definition) is 0. The molecule has 0 bridgehead atoms. The molecule has 2 fully saturated rings. The van der Waals surface area contributed by atoms with Gasteiger partial charge in [0.15, 0.2) is 5.75 Å². The fraction of sp³-hybridized carbons (Fsp3) is 0.471. The fourth-order valence-corrected chi connectivity index (χ4v) is 3.72. The van der Waals surface area contributed by atoms with Crippen molar-refractivity contribution in [3.05, 3.63) is 28.2 Å². The molecule has 2 aliphatic rings. The zero-order chi connectivity index (χ0) is 17.3. The second kappa shape index (κ2) is 7.11. The summed E-state index contributed by atoms with van der Waals surface area (Å²) in [5.41, 5.74) is 0. The number of likely N-dealkylation sites (tertiary alicyclic amines) is 1. The molecule has 0 unspecified atom stereocenters. The van der Waals surface area contributed by atoms with Crippen LogP contribution in [0, 0.1) is 11.8 Å². The molecule has 1 aromatic rings. The van der Waals surface area contributed by atoms with E-state index in [1.165, 1.54) is 11.0 Å². The van der Waals surface area contributed by atoms with Crippen LogP contribution in [0.1, 0.15) is 32.1 Å². The SMILES string of the molecule is O=C(CCN1C(=O)[C@H]2CCCC[C@H]2C1=O)Oc1cccc(Cl)c1Cl. The van der Waals surface area contributed by atoms with Crippen LogP contribution >= 0.6 is 23.2 Å². The monoisotopic (exact) mass is 369 g/mol. The summed E-state index contributed by atoms with van der Waals surface area (Å²) in [6, 6.07) is 4.74. The number of benzene rings is 1. The summed E-state index contributed by atoms with van der Waals surface area (Å²) in [4.78, 5) is 37.9. The van der Waals surface area contributed by atoms with Crippen LogP contribution in [0.2, 0.25) is 10.0 Å². The molecular formula is C17H17Cl2NO4. The minimum atomic E-state index is -0.561. The highest BCUT2D eigenvalue weighted by atomic mass is 35.5. The number of imide groups is 1. The molecule has 0 radical (unpaired) electrons. The third-order valence-corrected chi connectivity index (χ3v) is 5.41. The van der Waals surface area contributed by atoms with Crippen LogP contribution in [0.5, 0.6) is 5.75 Å². The summed E-state index contributed by atoms with van der Waals surface area (Å²) in [5.74, 6) is -1.11. The van der Waals surface area contributed by atoms with Gasteiger partial charge in [0.2, 0.25) is 11.8 Å². The van der Waals surface area contributed by atoms with E-state index in [9.17, 15) is 14.4 Å². The number of ether oxygens (including phenoxy) is 1. The first-order valence-electron chi connectivity index (χ1n) is 7.99. The van der Waals surface area contributed by atoms with Crippen LogP contribution < -0.4 is 4.74 Å². The van der Waals surface area contributed by atoms with Gasteiger partial charge in [0.1, 0.15) is 5.02 Å². The highest BCUT2D eigenvalue weighted by Gasteiger charge is 2.47. The standard InChI is InChI=1S/C17H17Cl2NO4/c18-12-6-3-7-13(15(12)19)24-14(21)8-9-20-16(22)10-4-1-2-5-11(10)17(20)23/h3,6-7,10-11H,1-2,4-5,8-9H2/t10-,11+. The first kappa shape index (κ1) is 17.2. The first-order valence-corrected chi connectivity index (χ1v) is 8.74. The number of esters is 1. The van der Waals surface area contributed by atoms with Crippen molar-refractivity contribution in [1.29, 1.82) is 0 Å². The van der Waals surface area contributed by atoms with Crippen molar-refractivity contribution in [2.75, 3.05) is 6.54 Å². The van der Waals surface area contributed by atoms with Crippen LogP contribution in [-0.2, 0) is 14.4 Å². The van der Waals surface area contributed by atoms with Crippen molar-refractivity contribution in [3.8, 4) is 5.75 Å². The van der Waals surface area contributed by atoms with E-state index in [0.717, 1.165) is 25.7 Å². The summed E-state index contributed by atoms with van der Waals surface area (Å²) in [6.07, 6.45) is 3.40. The number of nitrogens with zero attached hydrogens (tertiary/aromatic N) is 1. The number of amides is 2. The Balaban J connectivity index is 1.59. The number of carbonyl (C=O) groups excluding carboxylic acids is 3. The second-order valence-electron chi connectivity index (χ2n) is 6.10. The van der Waals surface area contributed by atoms with E-state index in [0.29, 0.717) is 0 Å². The average Bonchev–Trinajstić information content (AvgIpc) is 2.82. The van der Waals surface area contributed by atoms with Crippen LogP contribution in [-0.4, -0.2) is 29.2 Å². The van der Waals surface area contributed by atoms with Gasteiger partial charge in [-0.15, -0.1) is 0 Å². The molecule has 128 valence electrons. The van der Waals surface area contributed by atoms with Gasteiger partial charge in [0, 0.05) is 6.54 Å². The molecule has 24 heavy (non-hydrogen) atoms. The van der Waals surface area contributed by atoms with Crippen molar-refractivity contribution in [1.82, 2.24) is 4.90 Å². The third-order valence-electron chi connectivity index (χ3n) is 4.61. The summed E-state index contributed by atoms with van der Waals surface area (Å²) in [6.45, 7) is 0.0433. The van der Waals surface area contributed by atoms with E-state index >= 15 is 0 Å². The van der Waals surface area contributed by atoms with Gasteiger partial charge in [-0.25, -0.2) is 0 Å². The van der Waals surface area contributed by atoms with Gasteiger partial charge in [-0.2, -0.15) is 0 Å². The predicted octanol–water partition coefficient (Wildman–Crippen LogP) is 3.46. The number of halogens is 2. The summed E-state index contributed by atoms with van der Waals surface area (Å²) in [7, 11) is 0. The average molecular weight is 370 g/mol. The van der Waals surface area contributed by atoms with Crippen molar-refractivity contribution in [2.24, 2.45) is 11.8 Å². The minimum absolute atomic E-state index is 0.0433. The van der Waals surface area contributed by atoms with Crippen molar-refractivity contribution in [2.45, 2.75) is 32.1 Å². The second-order valence-corrected chi connectivity index (χ2v) is 6.89. The van der Waals surface area contributed by atoms with Crippen molar-refractivity contribution >= 4 is 41.0 Å². The van der Waals surface area contributed by atoms with Gasteiger partial charge < -0.3 is 4.74 Å². The maximum absolute atomic E-state index is 12.3. The van der Waals surface area contributed by atoms with E-state index in [1.807, 2.05) is 0 Å². The molecule has 1 aliphatic carbocycles. The first-order chi connectivity index (χ1) is 11.5. The largest absolute Gasteiger partial charge is 0.425 e. The van der Waals surface area contributed by atoms with E-state index in [2.05, 4.69) is 0 Å². The fourth-order valence-electron chi connectivity index (χ4n) is 3.39. The molecule has 1 aromatic carbocycles. The van der Waals surface area contributed by atoms with Gasteiger partial charge in [-0.3, -0.25) is 19.3 Å². The van der Waals surface area contributed by atoms with E-state index in [-0.39, 0.29) is 52.4 Å². The van der Waals surface area contributed by atoms with E-state index in [1.54, 1.807) is 12.1 Å². The normalized spacial score (nSPS) is 23.3. The molecule has 5 nitrogen and oxygen atoms in total. The Morgan fingerprint density at radius 3 is 2.38 bits per heavy atom. The maximum Gasteiger partial charge on any atom is 0.313 e. The molecular weight excluding hydrogens is 353 g/mol. The quantitative estimate of drug-likeness (QED) is 0.463. The molecule has 2 atom stereocenters. The summed E-state index contributed by atoms with van der Waals surface area (Å²) >= 11 is 11.8. The van der Waals surface area contributed by atoms with Crippen LogP contribution in [0.15, 0.2) is 18.2 Å². The Hall–Kier alpha value is -1.59. The Morgan fingerprint density at radius 2 is 1.75 bits per heavy atom. The van der Waals surface area contributed by atoms with Gasteiger partial charge >= 0.3 is 5.97 Å².